The third kappa shape index (κ3) is 3.83. The van der Waals surface area contributed by atoms with E-state index in [9.17, 15) is 4.79 Å². The maximum absolute atomic E-state index is 12.3. The first-order valence-corrected chi connectivity index (χ1v) is 11.5. The summed E-state index contributed by atoms with van der Waals surface area (Å²) in [6, 6.07) is 9.68. The van der Waals surface area contributed by atoms with Gasteiger partial charge in [0.05, 0.1) is 17.8 Å². The molecule has 3 N–H and O–H groups in total. The zero-order chi connectivity index (χ0) is 19.8. The van der Waals surface area contributed by atoms with Gasteiger partial charge in [0.2, 0.25) is 5.91 Å². The summed E-state index contributed by atoms with van der Waals surface area (Å²) in [6.07, 6.45) is 9.89. The van der Waals surface area contributed by atoms with Crippen molar-refractivity contribution in [2.75, 3.05) is 5.75 Å². The van der Waals surface area contributed by atoms with Crippen LogP contribution < -0.4 is 16.2 Å². The molecule has 0 bridgehead atoms. The normalized spacial score (nSPS) is 28.2. The minimum atomic E-state index is 0.0864. The molecule has 1 aliphatic carbocycles. The molecule has 3 unspecified atom stereocenters. The highest BCUT2D eigenvalue weighted by Gasteiger charge is 2.44. The number of aryl methyl sites for hydroxylation is 1. The van der Waals surface area contributed by atoms with Crippen LogP contribution in [0, 0.1) is 6.92 Å². The number of thioether (sulfide) groups is 1. The molecule has 4 aliphatic rings. The summed E-state index contributed by atoms with van der Waals surface area (Å²) < 4.78 is 0. The molecular weight excluding hydrogens is 384 g/mol. The Kier molecular flexibility index (Phi) is 5.13. The average molecular weight is 413 g/mol. The summed E-state index contributed by atoms with van der Waals surface area (Å²) in [5.41, 5.74) is 9.48. The Morgan fingerprint density at radius 1 is 1.24 bits per heavy atom. The van der Waals surface area contributed by atoms with Gasteiger partial charge in [-0.05, 0) is 31.7 Å². The third-order valence-corrected chi connectivity index (χ3v) is 7.20. The van der Waals surface area contributed by atoms with Crippen molar-refractivity contribution in [2.24, 2.45) is 5.10 Å². The van der Waals surface area contributed by atoms with Gasteiger partial charge in [0.1, 0.15) is 6.17 Å². The summed E-state index contributed by atoms with van der Waals surface area (Å²) in [5.74, 6) is 0.518. The van der Waals surface area contributed by atoms with Gasteiger partial charge in [-0.2, -0.15) is 5.10 Å². The van der Waals surface area contributed by atoms with Gasteiger partial charge >= 0.3 is 0 Å². The van der Waals surface area contributed by atoms with E-state index >= 15 is 0 Å². The van der Waals surface area contributed by atoms with Crippen LogP contribution in [-0.2, 0) is 4.79 Å². The van der Waals surface area contributed by atoms with Crippen LogP contribution in [0.2, 0.25) is 0 Å². The fourth-order valence-electron chi connectivity index (χ4n) is 4.64. The fraction of sp³-hybridized carbons (Fsp3) is 0.524. The summed E-state index contributed by atoms with van der Waals surface area (Å²) >= 11 is 1.51. The van der Waals surface area contributed by atoms with Gasteiger partial charge in [0.25, 0.3) is 0 Å². The molecule has 1 aromatic rings. The Bertz CT molecular complexity index is 819. The monoisotopic (exact) mass is 412 g/mol. The minimum absolute atomic E-state index is 0.0864. The molecule has 29 heavy (non-hydrogen) atoms. The van der Waals surface area contributed by atoms with Crippen LogP contribution >= 0.6 is 11.8 Å². The van der Waals surface area contributed by atoms with Gasteiger partial charge in [-0.25, -0.2) is 5.43 Å². The molecule has 3 atom stereocenters. The summed E-state index contributed by atoms with van der Waals surface area (Å²) in [6.45, 7) is 2.11. The molecular formula is C21H28N6OS. The number of carbonyl (C=O) groups excluding carboxylic acids is 1. The average Bonchev–Trinajstić information content (AvgIpc) is 3.45. The lowest BCUT2D eigenvalue weighted by Gasteiger charge is -2.36. The number of fused-ring (bicyclic) bond motifs is 3. The second-order valence-corrected chi connectivity index (χ2v) is 9.26. The van der Waals surface area contributed by atoms with Gasteiger partial charge in [0, 0.05) is 18.4 Å². The number of nitrogens with zero attached hydrogens (tertiary/aromatic N) is 3. The van der Waals surface area contributed by atoms with E-state index in [-0.39, 0.29) is 18.1 Å². The van der Waals surface area contributed by atoms with E-state index in [1.807, 2.05) is 6.20 Å². The molecule has 154 valence electrons. The quantitative estimate of drug-likeness (QED) is 0.705. The lowest BCUT2D eigenvalue weighted by molar-refractivity contribution is -0.119. The number of benzene rings is 1. The molecule has 1 amide bonds. The van der Waals surface area contributed by atoms with Crippen LogP contribution in [0.3, 0.4) is 0 Å². The number of hydrogen-bond acceptors (Lipinski definition) is 7. The molecule has 2 fully saturated rings. The van der Waals surface area contributed by atoms with Crippen LogP contribution in [0.4, 0.5) is 0 Å². The number of hydrogen-bond donors (Lipinski definition) is 3. The number of hydrazine groups is 1. The zero-order valence-corrected chi connectivity index (χ0v) is 17.5. The second kappa shape index (κ2) is 7.91. The van der Waals surface area contributed by atoms with E-state index in [0.717, 1.165) is 24.4 Å². The van der Waals surface area contributed by atoms with Gasteiger partial charge in [0.15, 0.2) is 5.17 Å². The zero-order valence-electron chi connectivity index (χ0n) is 16.7. The first-order chi connectivity index (χ1) is 14.2. The number of amides is 1. The molecule has 0 spiro atoms. The maximum Gasteiger partial charge on any atom is 0.230 e. The molecule has 0 aromatic heterocycles. The highest BCUT2D eigenvalue weighted by atomic mass is 32.2. The number of rotatable bonds is 4. The van der Waals surface area contributed by atoms with E-state index in [1.165, 1.54) is 35.7 Å². The first-order valence-electron chi connectivity index (χ1n) is 10.5. The maximum atomic E-state index is 12.3. The van der Waals surface area contributed by atoms with E-state index in [2.05, 4.69) is 68.6 Å². The molecule has 8 heteroatoms. The van der Waals surface area contributed by atoms with Crippen molar-refractivity contribution < 1.29 is 4.79 Å². The standard InChI is InChI=1S/C21H28N6OS/c1-14-6-8-15(9-7-14)17-12-18-20-23-24-21(26(20)10-11-27(18)25-17)29-13-19(28)22-16-4-2-3-5-16/h6-11,16-18,20,23,25H,2-5,12-13H2,1H3,(H,22,28). The largest absolute Gasteiger partial charge is 0.353 e. The molecule has 7 nitrogen and oxygen atoms in total. The van der Waals surface area contributed by atoms with E-state index in [0.29, 0.717) is 17.8 Å². The molecule has 3 heterocycles. The molecule has 1 aromatic carbocycles. The highest BCUT2D eigenvalue weighted by Crippen LogP contribution is 2.35. The van der Waals surface area contributed by atoms with Gasteiger partial charge in [-0.1, -0.05) is 54.4 Å². The molecule has 3 aliphatic heterocycles. The van der Waals surface area contributed by atoms with Crippen LogP contribution in [0.1, 0.15) is 49.3 Å². The van der Waals surface area contributed by atoms with E-state index < -0.39 is 0 Å². The molecule has 1 saturated carbocycles. The van der Waals surface area contributed by atoms with Crippen molar-refractivity contribution in [3.05, 3.63) is 47.8 Å². The topological polar surface area (TPSA) is 72.0 Å². The van der Waals surface area contributed by atoms with Gasteiger partial charge in [-0.15, -0.1) is 0 Å². The predicted molar refractivity (Wildman–Crippen MR) is 115 cm³/mol. The Hall–Kier alpha value is -2.19. The van der Waals surface area contributed by atoms with Crippen molar-refractivity contribution in [2.45, 2.75) is 63.3 Å². The smallest absolute Gasteiger partial charge is 0.230 e. The number of nitrogens with one attached hydrogen (secondary N) is 3. The van der Waals surface area contributed by atoms with Crippen LogP contribution in [0.5, 0.6) is 0 Å². The summed E-state index contributed by atoms with van der Waals surface area (Å²) in [7, 11) is 0. The van der Waals surface area contributed by atoms with Crippen LogP contribution in [-0.4, -0.2) is 45.0 Å². The van der Waals surface area contributed by atoms with E-state index in [4.69, 9.17) is 0 Å². The number of hydrazone groups is 1. The van der Waals surface area contributed by atoms with Crippen molar-refractivity contribution >= 4 is 22.8 Å². The molecule has 1 saturated heterocycles. The predicted octanol–water partition coefficient (Wildman–Crippen LogP) is 2.39. The lowest BCUT2D eigenvalue weighted by atomic mass is 9.99. The summed E-state index contributed by atoms with van der Waals surface area (Å²) in [5, 5.41) is 10.7. The number of amidine groups is 1. The molecule has 0 radical (unpaired) electrons. The Balaban J connectivity index is 1.18. The summed E-state index contributed by atoms with van der Waals surface area (Å²) in [4.78, 5) is 14.4. The Morgan fingerprint density at radius 3 is 2.83 bits per heavy atom. The van der Waals surface area contributed by atoms with Crippen molar-refractivity contribution in [3.63, 3.8) is 0 Å². The Morgan fingerprint density at radius 2 is 2.03 bits per heavy atom. The fourth-order valence-corrected chi connectivity index (χ4v) is 5.42. The first kappa shape index (κ1) is 18.8. The highest BCUT2D eigenvalue weighted by molar-refractivity contribution is 8.14. The van der Waals surface area contributed by atoms with E-state index in [1.54, 1.807) is 0 Å². The van der Waals surface area contributed by atoms with Crippen molar-refractivity contribution in [1.82, 2.24) is 26.1 Å². The number of carbonyl (C=O) groups is 1. The molecule has 5 rings (SSSR count). The minimum Gasteiger partial charge on any atom is -0.353 e. The van der Waals surface area contributed by atoms with Crippen molar-refractivity contribution in [1.29, 1.82) is 0 Å². The van der Waals surface area contributed by atoms with Crippen LogP contribution in [0.25, 0.3) is 0 Å². The van der Waals surface area contributed by atoms with Crippen LogP contribution in [0.15, 0.2) is 41.8 Å². The Labute approximate surface area is 175 Å². The van der Waals surface area contributed by atoms with Gasteiger partial charge < -0.3 is 15.2 Å². The lowest BCUT2D eigenvalue weighted by Crippen LogP contribution is -2.54. The SMILES string of the molecule is Cc1ccc(C2CC3C4NN=C(SCC(=O)NC5CCCC5)N4C=CN3N2)cc1. The van der Waals surface area contributed by atoms with Gasteiger partial charge in [-0.3, -0.25) is 10.2 Å². The third-order valence-electron chi connectivity index (χ3n) is 6.24. The second-order valence-electron chi connectivity index (χ2n) is 8.31. The van der Waals surface area contributed by atoms with Crippen molar-refractivity contribution in [3.8, 4) is 0 Å².